The van der Waals surface area contributed by atoms with Crippen LogP contribution in [0.15, 0.2) is 91.1 Å². The number of fused-ring (bicyclic) bond motifs is 4. The lowest BCUT2D eigenvalue weighted by Gasteiger charge is -2.33. The highest BCUT2D eigenvalue weighted by molar-refractivity contribution is 6.70. The van der Waals surface area contributed by atoms with Crippen LogP contribution in [0.3, 0.4) is 0 Å². The van der Waals surface area contributed by atoms with E-state index in [4.69, 9.17) is 62.8 Å². The van der Waals surface area contributed by atoms with Crippen LogP contribution >= 0.6 is 0 Å². The molecule has 0 fully saturated rings. The van der Waals surface area contributed by atoms with Gasteiger partial charge in [0.1, 0.15) is 62.8 Å². The average molecular weight is 589 g/mol. The highest BCUT2D eigenvalue weighted by Crippen LogP contribution is 2.44. The predicted octanol–water partition coefficient (Wildman–Crippen LogP) is -0.929. The van der Waals surface area contributed by atoms with Crippen molar-refractivity contribution in [3.05, 3.63) is 113 Å². The maximum absolute atomic E-state index is 6.94. The van der Waals surface area contributed by atoms with E-state index in [-0.39, 0.29) is 39.6 Å². The lowest BCUT2D eigenvalue weighted by Crippen LogP contribution is -2.50. The summed E-state index contributed by atoms with van der Waals surface area (Å²) in [4.78, 5) is 0. The first-order valence-electron chi connectivity index (χ1n) is 16.1. The van der Waals surface area contributed by atoms with Gasteiger partial charge in [0.15, 0.2) is 0 Å². The molecule has 0 aromatic heterocycles. The van der Waals surface area contributed by atoms with Crippen LogP contribution in [0.25, 0.3) is 50.4 Å². The first-order chi connectivity index (χ1) is 23.2. The molecule has 5 aromatic rings. The Balaban J connectivity index is 1.47. The van der Waals surface area contributed by atoms with Gasteiger partial charge in [-0.2, -0.15) is 0 Å². The third-order valence-corrected chi connectivity index (χ3v) is 10.3. The fraction of sp³-hybridized carbons (Fsp3) is 0.100. The SMILES string of the molecule is [B]c1c([B])c([B])c2c(-c3ccc(C4C=c5ccccc5=CC4)cc3)c3c([B])c([B])c([B])c([B])c3c(C3=CC=CC4C=CC=CC34)c2c1[B]. The van der Waals surface area contributed by atoms with Gasteiger partial charge >= 0.3 is 0 Å². The summed E-state index contributed by atoms with van der Waals surface area (Å²) in [7, 11) is 54.1. The van der Waals surface area contributed by atoms with E-state index < -0.39 is 0 Å². The maximum Gasteiger partial charge on any atom is 0.113 e. The second-order valence-electron chi connectivity index (χ2n) is 12.9. The first-order valence-corrected chi connectivity index (χ1v) is 16.1. The van der Waals surface area contributed by atoms with Gasteiger partial charge in [-0.15, -0.1) is 21.9 Å². The zero-order chi connectivity index (χ0) is 33.4. The molecule has 0 bridgehead atoms. The Morgan fingerprint density at radius 2 is 1.02 bits per heavy atom. The van der Waals surface area contributed by atoms with Crippen molar-refractivity contribution in [3.8, 4) is 11.1 Å². The molecule has 3 aliphatic carbocycles. The van der Waals surface area contributed by atoms with Gasteiger partial charge in [-0.3, -0.25) is 0 Å². The molecule has 5 aromatic carbocycles. The molecule has 0 N–H and O–H groups in total. The van der Waals surface area contributed by atoms with Gasteiger partial charge < -0.3 is 0 Å². The summed E-state index contributed by atoms with van der Waals surface area (Å²) in [5.74, 6) is 0.348. The highest BCUT2D eigenvalue weighted by atomic mass is 14.3. The molecule has 3 aliphatic rings. The van der Waals surface area contributed by atoms with Crippen molar-refractivity contribution in [1.82, 2.24) is 0 Å². The summed E-state index contributed by atoms with van der Waals surface area (Å²) in [6.45, 7) is 0. The zero-order valence-corrected chi connectivity index (χ0v) is 26.4. The summed E-state index contributed by atoms with van der Waals surface area (Å²) in [6.07, 6.45) is 20.2. The summed E-state index contributed by atoms with van der Waals surface area (Å²) in [5, 5.41) is 5.06. The Labute approximate surface area is 292 Å². The molecule has 0 spiro atoms. The molecule has 48 heavy (non-hydrogen) atoms. The van der Waals surface area contributed by atoms with Gasteiger partial charge in [0.25, 0.3) is 0 Å². The monoisotopic (exact) mass is 590 g/mol. The lowest BCUT2D eigenvalue weighted by atomic mass is 9.58. The smallest absolute Gasteiger partial charge is 0.110 e. The van der Waals surface area contributed by atoms with E-state index >= 15 is 0 Å². The minimum atomic E-state index is -0.0102. The third kappa shape index (κ3) is 4.62. The lowest BCUT2D eigenvalue weighted by molar-refractivity contribution is 0.679. The molecule has 16 radical (unpaired) electrons. The van der Waals surface area contributed by atoms with Crippen LogP contribution in [-0.2, 0) is 0 Å². The van der Waals surface area contributed by atoms with Crippen LogP contribution in [0.5, 0.6) is 0 Å². The standard InChI is InChI=1S/C40H22B8/c41-33-29-27(22-15-12-20(13-16-22)24-17-14-19-6-1-2-8-23(19)18-24)30-32(36(44)40(48)38(46)34(30)42)28(31(29)35(43)39(47)37(33)45)26-11-5-9-21-7-3-4-10-25(21)26/h1-16,18,21,24-25H,17H2. The van der Waals surface area contributed by atoms with Gasteiger partial charge in [-0.25, -0.2) is 0 Å². The summed E-state index contributed by atoms with van der Waals surface area (Å²) >= 11 is 0. The van der Waals surface area contributed by atoms with Crippen LogP contribution in [0, 0.1) is 11.8 Å². The summed E-state index contributed by atoms with van der Waals surface area (Å²) < 4.78 is 0. The molecule has 0 saturated heterocycles. The minimum Gasteiger partial charge on any atom is -0.110 e. The Morgan fingerprint density at radius 3 is 1.62 bits per heavy atom. The fourth-order valence-corrected chi connectivity index (χ4v) is 7.81. The van der Waals surface area contributed by atoms with Crippen molar-refractivity contribution < 1.29 is 0 Å². The van der Waals surface area contributed by atoms with Crippen molar-refractivity contribution in [3.63, 3.8) is 0 Å². The predicted molar refractivity (Wildman–Crippen MR) is 214 cm³/mol. The molecule has 3 unspecified atom stereocenters. The second-order valence-corrected chi connectivity index (χ2v) is 12.9. The van der Waals surface area contributed by atoms with Crippen LogP contribution in [0.1, 0.15) is 23.5 Å². The van der Waals surface area contributed by atoms with Gasteiger partial charge in [0.05, 0.1) is 0 Å². The number of benzene rings is 5. The highest BCUT2D eigenvalue weighted by Gasteiger charge is 2.30. The van der Waals surface area contributed by atoms with E-state index in [9.17, 15) is 0 Å². The molecule has 0 aliphatic heterocycles. The van der Waals surface area contributed by atoms with E-state index in [0.29, 0.717) is 49.0 Å². The first kappa shape index (κ1) is 31.1. The fourth-order valence-electron chi connectivity index (χ4n) is 7.81. The Bertz CT molecular complexity index is 2390. The molecule has 3 atom stereocenters. The van der Waals surface area contributed by atoms with Crippen molar-refractivity contribution in [2.75, 3.05) is 0 Å². The van der Waals surface area contributed by atoms with E-state index in [2.05, 4.69) is 91.1 Å². The number of hydrogen-bond donors (Lipinski definition) is 0. The molecule has 0 saturated carbocycles. The van der Waals surface area contributed by atoms with Crippen molar-refractivity contribution in [1.29, 1.82) is 0 Å². The quantitative estimate of drug-likeness (QED) is 0.189. The van der Waals surface area contributed by atoms with Crippen LogP contribution < -0.4 is 54.1 Å². The summed E-state index contributed by atoms with van der Waals surface area (Å²) in [6, 6.07) is 16.9. The second kappa shape index (κ2) is 11.8. The van der Waals surface area contributed by atoms with Crippen LogP contribution in [0.2, 0.25) is 0 Å². The minimum absolute atomic E-state index is 0.0102. The molecule has 8 rings (SSSR count). The van der Waals surface area contributed by atoms with Crippen molar-refractivity contribution in [2.45, 2.75) is 12.3 Å². The Hall–Kier alpha value is -4.16. The Kier molecular flexibility index (Phi) is 7.63. The molecular formula is C40H22B8. The number of hydrogen-bond acceptors (Lipinski definition) is 0. The van der Waals surface area contributed by atoms with Crippen LogP contribution in [-0.4, -0.2) is 62.8 Å². The van der Waals surface area contributed by atoms with E-state index in [1.807, 2.05) is 12.2 Å². The normalized spacial score (nSPS) is 19.4. The van der Waals surface area contributed by atoms with Crippen LogP contribution in [0.4, 0.5) is 0 Å². The maximum atomic E-state index is 6.94. The summed E-state index contributed by atoms with van der Waals surface area (Å²) in [5.41, 5.74) is 6.57. The molecule has 0 amide bonds. The average Bonchev–Trinajstić information content (AvgIpc) is 3.13. The molecule has 0 heterocycles. The largest absolute Gasteiger partial charge is 0.113 e. The van der Waals surface area contributed by atoms with Gasteiger partial charge in [-0.05, 0) is 66.2 Å². The van der Waals surface area contributed by atoms with E-state index in [0.717, 1.165) is 23.1 Å². The Morgan fingerprint density at radius 1 is 0.500 bits per heavy atom. The van der Waals surface area contributed by atoms with Gasteiger partial charge in [0.2, 0.25) is 0 Å². The van der Waals surface area contributed by atoms with E-state index in [1.165, 1.54) is 16.0 Å². The molecule has 206 valence electrons. The number of rotatable bonds is 3. The third-order valence-electron chi connectivity index (χ3n) is 10.3. The van der Waals surface area contributed by atoms with Crippen molar-refractivity contribution in [2.24, 2.45) is 11.8 Å². The molecular weight excluding hydrogens is 567 g/mol. The van der Waals surface area contributed by atoms with E-state index in [1.54, 1.807) is 0 Å². The molecule has 0 nitrogen and oxygen atoms in total. The van der Waals surface area contributed by atoms with Gasteiger partial charge in [0, 0.05) is 17.8 Å². The molecule has 8 heteroatoms. The topological polar surface area (TPSA) is 0 Å². The number of allylic oxidation sites excluding steroid dienone is 8. The zero-order valence-electron chi connectivity index (χ0n) is 26.4. The van der Waals surface area contributed by atoms with Gasteiger partial charge in [-0.1, -0.05) is 125 Å². The van der Waals surface area contributed by atoms with Crippen molar-refractivity contribution >= 4 is 146 Å².